The number of carbonyl (C=O) groups is 2. The molecule has 2 aromatic heterocycles. The Hall–Kier alpha value is -3.75. The molecule has 1 amide bonds. The minimum Gasteiger partial charge on any atom is -0.383 e. The Balaban J connectivity index is 2.17. The first-order valence-corrected chi connectivity index (χ1v) is 8.41. The molecule has 2 heterocycles. The van der Waals surface area contributed by atoms with E-state index in [0.717, 1.165) is 4.57 Å². The molecular formula is C19H19N5O4. The third-order valence-corrected chi connectivity index (χ3v) is 4.62. The van der Waals surface area contributed by atoms with Crippen LogP contribution in [0.25, 0.3) is 11.0 Å². The Morgan fingerprint density at radius 1 is 1.14 bits per heavy atom. The van der Waals surface area contributed by atoms with Crippen molar-refractivity contribution >= 4 is 34.2 Å². The van der Waals surface area contributed by atoms with Crippen molar-refractivity contribution in [2.45, 2.75) is 13.8 Å². The van der Waals surface area contributed by atoms with Crippen molar-refractivity contribution < 1.29 is 9.59 Å². The summed E-state index contributed by atoms with van der Waals surface area (Å²) >= 11 is 0. The number of nitrogen functional groups attached to an aromatic ring is 1. The smallest absolute Gasteiger partial charge is 0.332 e. The molecule has 9 heteroatoms. The topological polar surface area (TPSA) is 129 Å². The van der Waals surface area contributed by atoms with E-state index in [1.165, 1.54) is 25.6 Å². The first-order valence-electron chi connectivity index (χ1n) is 8.41. The highest BCUT2D eigenvalue weighted by Gasteiger charge is 2.22. The summed E-state index contributed by atoms with van der Waals surface area (Å²) in [6.45, 7) is 3.00. The van der Waals surface area contributed by atoms with Gasteiger partial charge in [-0.3, -0.25) is 23.5 Å². The molecular weight excluding hydrogens is 362 g/mol. The van der Waals surface area contributed by atoms with Gasteiger partial charge in [-0.2, -0.15) is 0 Å². The largest absolute Gasteiger partial charge is 0.383 e. The van der Waals surface area contributed by atoms with Crippen molar-refractivity contribution in [2.75, 3.05) is 11.1 Å². The molecule has 0 aliphatic rings. The summed E-state index contributed by atoms with van der Waals surface area (Å²) in [7, 11) is 2.83. The van der Waals surface area contributed by atoms with Crippen LogP contribution in [0.1, 0.15) is 33.2 Å². The summed E-state index contributed by atoms with van der Waals surface area (Å²) in [5.74, 6) is -0.807. The van der Waals surface area contributed by atoms with Crippen molar-refractivity contribution in [1.82, 2.24) is 14.1 Å². The number of aromatic nitrogens is 3. The van der Waals surface area contributed by atoms with E-state index >= 15 is 0 Å². The number of Topliss-reactive ketones (excluding diaryl/α,β-unsaturated/α-hetero) is 1. The van der Waals surface area contributed by atoms with Gasteiger partial charge >= 0.3 is 5.69 Å². The lowest BCUT2D eigenvalue weighted by Gasteiger charge is -2.14. The first-order chi connectivity index (χ1) is 13.1. The quantitative estimate of drug-likeness (QED) is 0.651. The number of hydrogen-bond acceptors (Lipinski definition) is 6. The summed E-state index contributed by atoms with van der Waals surface area (Å²) in [5.41, 5.74) is 6.20. The molecule has 3 N–H and O–H groups in total. The number of rotatable bonds is 3. The highest BCUT2D eigenvalue weighted by molar-refractivity contribution is 6.11. The lowest BCUT2D eigenvalue weighted by Crippen LogP contribution is -2.38. The molecule has 144 valence electrons. The van der Waals surface area contributed by atoms with Gasteiger partial charge in [0.1, 0.15) is 5.82 Å². The third-order valence-electron chi connectivity index (χ3n) is 4.62. The van der Waals surface area contributed by atoms with Crippen molar-refractivity contribution in [1.29, 1.82) is 0 Å². The average molecular weight is 381 g/mol. The van der Waals surface area contributed by atoms with E-state index in [-0.39, 0.29) is 28.2 Å². The van der Waals surface area contributed by atoms with Crippen LogP contribution in [0.5, 0.6) is 0 Å². The van der Waals surface area contributed by atoms with E-state index in [4.69, 9.17) is 5.73 Å². The van der Waals surface area contributed by atoms with Gasteiger partial charge < -0.3 is 11.1 Å². The minimum atomic E-state index is -0.569. The third kappa shape index (κ3) is 2.96. The molecule has 0 bridgehead atoms. The van der Waals surface area contributed by atoms with Crippen LogP contribution in [0.4, 0.5) is 11.5 Å². The molecule has 0 unspecified atom stereocenters. The fourth-order valence-electron chi connectivity index (χ4n) is 3.08. The van der Waals surface area contributed by atoms with Crippen LogP contribution in [0.3, 0.4) is 0 Å². The number of nitrogens with two attached hydrogens (primary N) is 1. The molecule has 3 aromatic rings. The number of pyridine rings is 1. The zero-order valence-corrected chi connectivity index (χ0v) is 15.9. The van der Waals surface area contributed by atoms with Gasteiger partial charge in [0.05, 0.1) is 10.9 Å². The van der Waals surface area contributed by atoms with Crippen LogP contribution in [-0.2, 0) is 14.1 Å². The Morgan fingerprint density at radius 3 is 2.46 bits per heavy atom. The fourth-order valence-corrected chi connectivity index (χ4v) is 3.08. The lowest BCUT2D eigenvalue weighted by atomic mass is 10.1. The van der Waals surface area contributed by atoms with E-state index in [1.54, 1.807) is 31.2 Å². The summed E-state index contributed by atoms with van der Waals surface area (Å²) in [5, 5.41) is 2.81. The Bertz CT molecular complexity index is 1270. The van der Waals surface area contributed by atoms with Crippen molar-refractivity contribution in [3.8, 4) is 0 Å². The molecule has 0 aliphatic heterocycles. The van der Waals surface area contributed by atoms with Crippen molar-refractivity contribution in [2.24, 2.45) is 14.1 Å². The molecule has 0 saturated carbocycles. The fraction of sp³-hybridized carbons (Fsp3) is 0.211. The molecule has 0 atom stereocenters. The molecule has 0 aliphatic carbocycles. The summed E-state index contributed by atoms with van der Waals surface area (Å²) in [4.78, 5) is 53.2. The second-order valence-corrected chi connectivity index (χ2v) is 6.49. The maximum absolute atomic E-state index is 12.8. The number of ketones is 1. The highest BCUT2D eigenvalue weighted by Crippen LogP contribution is 2.23. The monoisotopic (exact) mass is 381 g/mol. The normalized spacial score (nSPS) is 10.9. The number of nitrogens with one attached hydrogen (secondary N) is 1. The predicted octanol–water partition coefficient (Wildman–Crippen LogP) is 0.978. The molecule has 28 heavy (non-hydrogen) atoms. The lowest BCUT2D eigenvalue weighted by molar-refractivity contribution is 0.101. The number of aryl methyl sites for hydroxylation is 2. The molecule has 3 rings (SSSR count). The van der Waals surface area contributed by atoms with Gasteiger partial charge in [-0.25, -0.2) is 9.78 Å². The van der Waals surface area contributed by atoms with Crippen molar-refractivity contribution in [3.05, 3.63) is 61.8 Å². The van der Waals surface area contributed by atoms with Gasteiger partial charge in [0.25, 0.3) is 11.5 Å². The van der Waals surface area contributed by atoms with Crippen LogP contribution in [0.15, 0.2) is 33.9 Å². The van der Waals surface area contributed by atoms with E-state index in [1.807, 2.05) is 0 Å². The number of amides is 1. The first kappa shape index (κ1) is 19.0. The van der Waals surface area contributed by atoms with Gasteiger partial charge in [-0.1, -0.05) is 12.1 Å². The Morgan fingerprint density at radius 2 is 1.82 bits per heavy atom. The molecule has 1 aromatic carbocycles. The van der Waals surface area contributed by atoms with Crippen LogP contribution in [-0.4, -0.2) is 25.8 Å². The number of nitrogens with zero attached hydrogens (tertiary/aromatic N) is 3. The molecule has 9 nitrogen and oxygen atoms in total. The Labute approximate surface area is 159 Å². The second kappa shape index (κ2) is 6.76. The minimum absolute atomic E-state index is 0.0384. The molecule has 0 spiro atoms. The summed E-state index contributed by atoms with van der Waals surface area (Å²) in [6, 6.07) is 6.46. The van der Waals surface area contributed by atoms with Crippen molar-refractivity contribution in [3.63, 3.8) is 0 Å². The molecule has 0 saturated heterocycles. The molecule has 0 radical (unpaired) electrons. The second-order valence-electron chi connectivity index (χ2n) is 6.49. The van der Waals surface area contributed by atoms with E-state index < -0.39 is 17.2 Å². The number of benzene rings is 1. The standard InChI is InChI=1S/C19H19N5O4/c1-9-13(17(26)21-12-7-5-6-11(8-12)10(2)25)15(20)22-16-14(9)18(27)24(4)19(28)23(16)3/h5-8H,1-4H3,(H2,20,22)(H,21,26). The predicted molar refractivity (Wildman–Crippen MR) is 106 cm³/mol. The summed E-state index contributed by atoms with van der Waals surface area (Å²) in [6.07, 6.45) is 0. The van der Waals surface area contributed by atoms with Crippen LogP contribution < -0.4 is 22.3 Å². The van der Waals surface area contributed by atoms with E-state index in [9.17, 15) is 19.2 Å². The number of anilines is 2. The highest BCUT2D eigenvalue weighted by atomic mass is 16.2. The van der Waals surface area contributed by atoms with Gasteiger partial charge in [0, 0.05) is 25.3 Å². The van der Waals surface area contributed by atoms with Crippen LogP contribution in [0.2, 0.25) is 0 Å². The van der Waals surface area contributed by atoms with Gasteiger partial charge in [-0.15, -0.1) is 0 Å². The SMILES string of the molecule is CC(=O)c1cccc(NC(=O)c2c(N)nc3c(c2C)c(=O)n(C)c(=O)n3C)c1. The molecule has 0 fully saturated rings. The van der Waals surface area contributed by atoms with Gasteiger partial charge in [-0.05, 0) is 31.5 Å². The van der Waals surface area contributed by atoms with Gasteiger partial charge in [0.2, 0.25) is 0 Å². The van der Waals surface area contributed by atoms with Crippen LogP contribution >= 0.6 is 0 Å². The zero-order valence-electron chi connectivity index (χ0n) is 15.9. The zero-order chi connectivity index (χ0) is 20.7. The number of hydrogen-bond donors (Lipinski definition) is 2. The van der Waals surface area contributed by atoms with Crippen LogP contribution in [0, 0.1) is 6.92 Å². The number of fused-ring (bicyclic) bond motifs is 1. The van der Waals surface area contributed by atoms with E-state index in [2.05, 4.69) is 10.3 Å². The number of carbonyl (C=O) groups excluding carboxylic acids is 2. The van der Waals surface area contributed by atoms with E-state index in [0.29, 0.717) is 16.8 Å². The maximum atomic E-state index is 12.8. The average Bonchev–Trinajstić information content (AvgIpc) is 2.64. The van der Waals surface area contributed by atoms with Gasteiger partial charge in [0.15, 0.2) is 11.4 Å². The Kier molecular flexibility index (Phi) is 4.60. The summed E-state index contributed by atoms with van der Waals surface area (Å²) < 4.78 is 2.16. The maximum Gasteiger partial charge on any atom is 0.332 e.